The lowest BCUT2D eigenvalue weighted by Crippen LogP contribution is -2.35. The van der Waals surface area contributed by atoms with Gasteiger partial charge in [0.05, 0.1) is 0 Å². The second-order valence-electron chi connectivity index (χ2n) is 7.71. The van der Waals surface area contributed by atoms with Crippen molar-refractivity contribution in [2.24, 2.45) is 0 Å². The highest BCUT2D eigenvalue weighted by Crippen LogP contribution is 2.30. The Morgan fingerprint density at radius 1 is 1.17 bits per heavy atom. The summed E-state index contributed by atoms with van der Waals surface area (Å²) in [6, 6.07) is 12.5. The number of halogens is 1. The van der Waals surface area contributed by atoms with Crippen LogP contribution in [-0.4, -0.2) is 41.2 Å². The molecule has 0 unspecified atom stereocenters. The van der Waals surface area contributed by atoms with Crippen LogP contribution in [0.25, 0.3) is 11.1 Å². The van der Waals surface area contributed by atoms with Gasteiger partial charge in [0, 0.05) is 35.2 Å². The van der Waals surface area contributed by atoms with E-state index < -0.39 is 0 Å². The second-order valence-corrected chi connectivity index (χ2v) is 8.15. The van der Waals surface area contributed by atoms with Crippen molar-refractivity contribution in [2.75, 3.05) is 25.0 Å². The van der Waals surface area contributed by atoms with Gasteiger partial charge in [-0.2, -0.15) is 0 Å². The standard InChI is InChI=1S/C23H24ClN3O3/c1-15(28)16-2-5-19(6-3-16)25-22(29)10-13-27-11-8-17(9-12-27)23-26-20-14-18(24)4-7-21(20)30-23/h2-7,14,17H,8-13H2,1H3,(H,25,29). The number of benzene rings is 2. The topological polar surface area (TPSA) is 75.4 Å². The Balaban J connectivity index is 1.24. The number of nitrogens with one attached hydrogen (secondary N) is 1. The Kier molecular flexibility index (Phi) is 6.16. The van der Waals surface area contributed by atoms with E-state index >= 15 is 0 Å². The third-order valence-electron chi connectivity index (χ3n) is 5.53. The first kappa shape index (κ1) is 20.6. The number of amides is 1. The number of oxazole rings is 1. The van der Waals surface area contributed by atoms with Gasteiger partial charge in [-0.1, -0.05) is 11.6 Å². The minimum Gasteiger partial charge on any atom is -0.440 e. The number of anilines is 1. The van der Waals surface area contributed by atoms with Crippen LogP contribution < -0.4 is 5.32 Å². The molecular weight excluding hydrogens is 402 g/mol. The average Bonchev–Trinajstić information content (AvgIpc) is 3.16. The summed E-state index contributed by atoms with van der Waals surface area (Å²) in [4.78, 5) is 30.5. The van der Waals surface area contributed by atoms with Gasteiger partial charge < -0.3 is 14.6 Å². The van der Waals surface area contributed by atoms with E-state index in [-0.39, 0.29) is 11.7 Å². The fourth-order valence-electron chi connectivity index (χ4n) is 3.77. The van der Waals surface area contributed by atoms with Gasteiger partial charge in [0.2, 0.25) is 5.91 Å². The van der Waals surface area contributed by atoms with E-state index in [1.54, 1.807) is 24.3 Å². The SMILES string of the molecule is CC(=O)c1ccc(NC(=O)CCN2CCC(c3nc4cc(Cl)ccc4o3)CC2)cc1. The molecule has 2 heterocycles. The molecule has 1 aliphatic rings. The Bertz CT molecular complexity index is 1050. The van der Waals surface area contributed by atoms with Crippen molar-refractivity contribution >= 4 is 40.1 Å². The Morgan fingerprint density at radius 2 is 1.90 bits per heavy atom. The molecular formula is C23H24ClN3O3. The number of likely N-dealkylation sites (tertiary alicyclic amines) is 1. The first-order valence-corrected chi connectivity index (χ1v) is 10.5. The normalized spacial score (nSPS) is 15.4. The molecule has 0 spiro atoms. The zero-order valence-electron chi connectivity index (χ0n) is 16.9. The number of nitrogens with zero attached hydrogens (tertiary/aromatic N) is 2. The van der Waals surface area contributed by atoms with Crippen LogP contribution in [0.5, 0.6) is 0 Å². The number of hydrogen-bond acceptors (Lipinski definition) is 5. The Labute approximate surface area is 180 Å². The monoisotopic (exact) mass is 425 g/mol. The highest BCUT2D eigenvalue weighted by Gasteiger charge is 2.25. The molecule has 4 rings (SSSR count). The molecule has 1 amide bonds. The predicted octanol–water partition coefficient (Wildman–Crippen LogP) is 4.89. The smallest absolute Gasteiger partial charge is 0.225 e. The van der Waals surface area contributed by atoms with E-state index in [9.17, 15) is 9.59 Å². The van der Waals surface area contributed by atoms with Gasteiger partial charge in [-0.05, 0) is 75.3 Å². The Hall–Kier alpha value is -2.70. The first-order chi connectivity index (χ1) is 14.5. The predicted molar refractivity (Wildman–Crippen MR) is 117 cm³/mol. The zero-order chi connectivity index (χ0) is 21.1. The lowest BCUT2D eigenvalue weighted by molar-refractivity contribution is -0.116. The van der Waals surface area contributed by atoms with Gasteiger partial charge in [-0.15, -0.1) is 0 Å². The van der Waals surface area contributed by atoms with Crippen LogP contribution in [0.15, 0.2) is 46.9 Å². The van der Waals surface area contributed by atoms with Crippen LogP contribution in [0, 0.1) is 0 Å². The maximum absolute atomic E-state index is 12.2. The molecule has 1 N–H and O–H groups in total. The lowest BCUT2D eigenvalue weighted by Gasteiger charge is -2.30. The third-order valence-corrected chi connectivity index (χ3v) is 5.77. The van der Waals surface area contributed by atoms with Crippen molar-refractivity contribution in [3.05, 3.63) is 58.9 Å². The van der Waals surface area contributed by atoms with Gasteiger partial charge >= 0.3 is 0 Å². The Morgan fingerprint density at radius 3 is 2.60 bits per heavy atom. The van der Waals surface area contributed by atoms with E-state index in [0.29, 0.717) is 35.2 Å². The molecule has 3 aromatic rings. The van der Waals surface area contributed by atoms with Gasteiger partial charge in [-0.25, -0.2) is 4.98 Å². The van der Waals surface area contributed by atoms with Gasteiger partial charge in [0.25, 0.3) is 0 Å². The maximum Gasteiger partial charge on any atom is 0.225 e. The van der Waals surface area contributed by atoms with Crippen molar-refractivity contribution < 1.29 is 14.0 Å². The fraction of sp³-hybridized carbons (Fsp3) is 0.348. The van der Waals surface area contributed by atoms with Crippen molar-refractivity contribution in [3.8, 4) is 0 Å². The summed E-state index contributed by atoms with van der Waals surface area (Å²) in [5, 5.41) is 3.55. The molecule has 0 aliphatic carbocycles. The van der Waals surface area contributed by atoms with E-state index in [0.717, 1.165) is 42.9 Å². The first-order valence-electron chi connectivity index (χ1n) is 10.2. The van der Waals surface area contributed by atoms with Crippen molar-refractivity contribution in [1.29, 1.82) is 0 Å². The summed E-state index contributed by atoms with van der Waals surface area (Å²) in [7, 11) is 0. The number of hydrogen-bond donors (Lipinski definition) is 1. The van der Waals surface area contributed by atoms with E-state index in [1.165, 1.54) is 6.92 Å². The van der Waals surface area contributed by atoms with Crippen LogP contribution in [-0.2, 0) is 4.79 Å². The quantitative estimate of drug-likeness (QED) is 0.569. The number of ketones is 1. The third kappa shape index (κ3) is 4.89. The van der Waals surface area contributed by atoms with Crippen LogP contribution in [0.3, 0.4) is 0 Å². The molecule has 6 nitrogen and oxygen atoms in total. The summed E-state index contributed by atoms with van der Waals surface area (Å²) in [5.41, 5.74) is 2.91. The minimum absolute atomic E-state index is 0.0120. The molecule has 1 aromatic heterocycles. The average molecular weight is 426 g/mol. The van der Waals surface area contributed by atoms with E-state index in [2.05, 4.69) is 15.2 Å². The summed E-state index contributed by atoms with van der Waals surface area (Å²) in [5.74, 6) is 1.06. The van der Waals surface area contributed by atoms with Gasteiger partial charge in [0.1, 0.15) is 5.52 Å². The number of carbonyl (C=O) groups excluding carboxylic acids is 2. The van der Waals surface area contributed by atoms with E-state index in [1.807, 2.05) is 18.2 Å². The molecule has 1 aliphatic heterocycles. The van der Waals surface area contributed by atoms with Crippen molar-refractivity contribution in [1.82, 2.24) is 9.88 Å². The van der Waals surface area contributed by atoms with Gasteiger partial charge in [0.15, 0.2) is 17.3 Å². The van der Waals surface area contributed by atoms with Crippen molar-refractivity contribution in [2.45, 2.75) is 32.1 Å². The van der Waals surface area contributed by atoms with Crippen molar-refractivity contribution in [3.63, 3.8) is 0 Å². The molecule has 0 saturated carbocycles. The lowest BCUT2D eigenvalue weighted by atomic mass is 9.96. The molecule has 1 saturated heterocycles. The number of piperidine rings is 1. The van der Waals surface area contributed by atoms with Crippen LogP contribution in [0.4, 0.5) is 5.69 Å². The molecule has 30 heavy (non-hydrogen) atoms. The molecule has 1 fully saturated rings. The molecule has 7 heteroatoms. The number of carbonyl (C=O) groups is 2. The summed E-state index contributed by atoms with van der Waals surface area (Å²) < 4.78 is 5.91. The minimum atomic E-state index is -0.0245. The molecule has 0 bridgehead atoms. The second kappa shape index (κ2) is 8.98. The summed E-state index contributed by atoms with van der Waals surface area (Å²) in [6.07, 6.45) is 2.34. The van der Waals surface area contributed by atoms with E-state index in [4.69, 9.17) is 16.0 Å². The highest BCUT2D eigenvalue weighted by molar-refractivity contribution is 6.31. The number of aromatic nitrogens is 1. The number of Topliss-reactive ketones (excluding diaryl/α,β-unsaturated/α-hetero) is 1. The zero-order valence-corrected chi connectivity index (χ0v) is 17.6. The summed E-state index contributed by atoms with van der Waals surface area (Å²) in [6.45, 7) is 4.05. The largest absolute Gasteiger partial charge is 0.440 e. The highest BCUT2D eigenvalue weighted by atomic mass is 35.5. The maximum atomic E-state index is 12.2. The number of fused-ring (bicyclic) bond motifs is 1. The molecule has 2 aromatic carbocycles. The summed E-state index contributed by atoms with van der Waals surface area (Å²) >= 11 is 6.03. The van der Waals surface area contributed by atoms with Gasteiger partial charge in [-0.3, -0.25) is 9.59 Å². The number of rotatable bonds is 6. The van der Waals surface area contributed by atoms with Crippen LogP contribution >= 0.6 is 11.6 Å². The van der Waals surface area contributed by atoms with Crippen LogP contribution in [0.2, 0.25) is 5.02 Å². The molecule has 156 valence electrons. The molecule has 0 atom stereocenters. The fourth-order valence-corrected chi connectivity index (χ4v) is 3.93. The molecule has 0 radical (unpaired) electrons. The van der Waals surface area contributed by atoms with Crippen LogP contribution in [0.1, 0.15) is 48.4 Å².